The number of rotatable bonds is 5. The molecule has 1 N–H and O–H groups in total. The van der Waals surface area contributed by atoms with E-state index in [-0.39, 0.29) is 6.10 Å². The SMILES string of the molecule is CCC1CCC(C(O)CSC2CCCCC2)CC1. The standard InChI is InChI=1S/C16H30OS/c1-2-13-8-10-14(11-9-13)16(17)12-18-15-6-4-3-5-7-15/h13-17H,2-12H2,1H3. The molecule has 2 fully saturated rings. The first kappa shape index (κ1) is 14.7. The Labute approximate surface area is 117 Å². The van der Waals surface area contributed by atoms with E-state index >= 15 is 0 Å². The maximum absolute atomic E-state index is 10.3. The molecule has 0 aliphatic heterocycles. The molecule has 106 valence electrons. The van der Waals surface area contributed by atoms with Crippen LogP contribution in [0.1, 0.15) is 71.1 Å². The predicted octanol–water partition coefficient (Wildman–Crippen LogP) is 4.63. The molecule has 0 bridgehead atoms. The zero-order valence-electron chi connectivity index (χ0n) is 11.9. The van der Waals surface area contributed by atoms with Crippen molar-refractivity contribution in [1.82, 2.24) is 0 Å². The Morgan fingerprint density at radius 3 is 2.28 bits per heavy atom. The molecule has 0 radical (unpaired) electrons. The third-order valence-corrected chi connectivity index (χ3v) is 6.54. The van der Waals surface area contributed by atoms with Crippen LogP contribution in [0.25, 0.3) is 0 Å². The molecule has 2 aliphatic rings. The van der Waals surface area contributed by atoms with Gasteiger partial charge in [-0.15, -0.1) is 0 Å². The van der Waals surface area contributed by atoms with Gasteiger partial charge in [-0.05, 0) is 37.5 Å². The summed E-state index contributed by atoms with van der Waals surface area (Å²) in [7, 11) is 0. The first-order valence-electron chi connectivity index (χ1n) is 8.09. The van der Waals surface area contributed by atoms with Crippen LogP contribution in [0.5, 0.6) is 0 Å². The van der Waals surface area contributed by atoms with Gasteiger partial charge in [-0.25, -0.2) is 0 Å². The van der Waals surface area contributed by atoms with Crippen LogP contribution >= 0.6 is 11.8 Å². The normalized spacial score (nSPS) is 32.3. The van der Waals surface area contributed by atoms with Gasteiger partial charge < -0.3 is 5.11 Å². The monoisotopic (exact) mass is 270 g/mol. The third-order valence-electron chi connectivity index (χ3n) is 5.07. The van der Waals surface area contributed by atoms with Crippen molar-refractivity contribution in [3.05, 3.63) is 0 Å². The zero-order valence-corrected chi connectivity index (χ0v) is 12.8. The van der Waals surface area contributed by atoms with Crippen molar-refractivity contribution >= 4 is 11.8 Å². The number of aliphatic hydroxyl groups excluding tert-OH is 1. The van der Waals surface area contributed by atoms with E-state index in [0.717, 1.165) is 16.9 Å². The summed E-state index contributed by atoms with van der Waals surface area (Å²) >= 11 is 2.06. The van der Waals surface area contributed by atoms with Crippen molar-refractivity contribution in [3.63, 3.8) is 0 Å². The summed E-state index contributed by atoms with van der Waals surface area (Å²) in [5, 5.41) is 11.2. The van der Waals surface area contributed by atoms with Crippen molar-refractivity contribution in [2.45, 2.75) is 82.5 Å². The fourth-order valence-electron chi connectivity index (χ4n) is 3.58. The molecule has 0 heterocycles. The molecule has 0 aromatic heterocycles. The van der Waals surface area contributed by atoms with Gasteiger partial charge in [-0.3, -0.25) is 0 Å². The van der Waals surface area contributed by atoms with Crippen LogP contribution in [0.2, 0.25) is 0 Å². The van der Waals surface area contributed by atoms with Crippen molar-refractivity contribution < 1.29 is 5.11 Å². The Hall–Kier alpha value is 0.310. The average Bonchev–Trinajstić information content (AvgIpc) is 2.46. The van der Waals surface area contributed by atoms with Gasteiger partial charge in [0.05, 0.1) is 6.10 Å². The molecular formula is C16H30OS. The van der Waals surface area contributed by atoms with Gasteiger partial charge in [0, 0.05) is 11.0 Å². The molecule has 18 heavy (non-hydrogen) atoms. The largest absolute Gasteiger partial charge is 0.392 e. The maximum Gasteiger partial charge on any atom is 0.0658 e. The molecule has 0 aromatic carbocycles. The minimum absolute atomic E-state index is 0.0327. The lowest BCUT2D eigenvalue weighted by atomic mass is 9.79. The fraction of sp³-hybridized carbons (Fsp3) is 1.00. The van der Waals surface area contributed by atoms with E-state index in [9.17, 15) is 5.11 Å². The Morgan fingerprint density at radius 1 is 1.00 bits per heavy atom. The molecule has 2 aliphatic carbocycles. The van der Waals surface area contributed by atoms with Gasteiger partial charge >= 0.3 is 0 Å². The number of hydrogen-bond donors (Lipinski definition) is 1. The fourth-order valence-corrected chi connectivity index (χ4v) is 4.99. The minimum atomic E-state index is -0.0327. The molecule has 2 heteroatoms. The summed E-state index contributed by atoms with van der Waals surface area (Å²) in [5.74, 6) is 2.54. The summed E-state index contributed by atoms with van der Waals surface area (Å²) in [6.07, 6.45) is 13.6. The Balaban J connectivity index is 1.63. The Bertz CT molecular complexity index is 217. The van der Waals surface area contributed by atoms with Crippen LogP contribution in [-0.2, 0) is 0 Å². The molecule has 1 unspecified atom stereocenters. The highest BCUT2D eigenvalue weighted by Crippen LogP contribution is 2.35. The summed E-state index contributed by atoms with van der Waals surface area (Å²) in [6, 6.07) is 0. The average molecular weight is 270 g/mol. The van der Waals surface area contributed by atoms with Gasteiger partial charge in [0.2, 0.25) is 0 Å². The van der Waals surface area contributed by atoms with Gasteiger partial charge in [0.25, 0.3) is 0 Å². The van der Waals surface area contributed by atoms with E-state index in [2.05, 4.69) is 18.7 Å². The zero-order chi connectivity index (χ0) is 12.8. The van der Waals surface area contributed by atoms with Crippen LogP contribution in [0, 0.1) is 11.8 Å². The molecule has 2 saturated carbocycles. The second-order valence-electron chi connectivity index (χ2n) is 6.35. The molecule has 1 nitrogen and oxygen atoms in total. The first-order valence-corrected chi connectivity index (χ1v) is 9.14. The molecule has 1 atom stereocenters. The van der Waals surface area contributed by atoms with E-state index in [0.29, 0.717) is 5.92 Å². The van der Waals surface area contributed by atoms with Gasteiger partial charge in [-0.2, -0.15) is 11.8 Å². The van der Waals surface area contributed by atoms with Gasteiger partial charge in [0.1, 0.15) is 0 Å². The van der Waals surface area contributed by atoms with Crippen molar-refractivity contribution in [1.29, 1.82) is 0 Å². The molecule has 0 spiro atoms. The van der Waals surface area contributed by atoms with Crippen molar-refractivity contribution in [3.8, 4) is 0 Å². The maximum atomic E-state index is 10.3. The number of hydrogen-bond acceptors (Lipinski definition) is 2. The van der Waals surface area contributed by atoms with Crippen LogP contribution in [-0.4, -0.2) is 22.2 Å². The summed E-state index contributed by atoms with van der Waals surface area (Å²) in [5.41, 5.74) is 0. The van der Waals surface area contributed by atoms with Gasteiger partial charge in [0.15, 0.2) is 0 Å². The van der Waals surface area contributed by atoms with Crippen LogP contribution < -0.4 is 0 Å². The highest BCUT2D eigenvalue weighted by atomic mass is 32.2. The molecule has 2 rings (SSSR count). The minimum Gasteiger partial charge on any atom is -0.392 e. The van der Waals surface area contributed by atoms with E-state index in [1.165, 1.54) is 64.2 Å². The highest BCUT2D eigenvalue weighted by molar-refractivity contribution is 7.99. The van der Waals surface area contributed by atoms with E-state index < -0.39 is 0 Å². The van der Waals surface area contributed by atoms with Crippen LogP contribution in [0.15, 0.2) is 0 Å². The van der Waals surface area contributed by atoms with E-state index in [4.69, 9.17) is 0 Å². The summed E-state index contributed by atoms with van der Waals surface area (Å²) < 4.78 is 0. The quantitative estimate of drug-likeness (QED) is 0.786. The third kappa shape index (κ3) is 4.45. The van der Waals surface area contributed by atoms with Crippen LogP contribution in [0.3, 0.4) is 0 Å². The molecular weight excluding hydrogens is 240 g/mol. The van der Waals surface area contributed by atoms with Gasteiger partial charge in [-0.1, -0.05) is 45.4 Å². The predicted molar refractivity (Wildman–Crippen MR) is 81.1 cm³/mol. The summed E-state index contributed by atoms with van der Waals surface area (Å²) in [6.45, 7) is 2.31. The van der Waals surface area contributed by atoms with E-state index in [1.54, 1.807) is 0 Å². The molecule has 0 saturated heterocycles. The number of thioether (sulfide) groups is 1. The first-order chi connectivity index (χ1) is 8.79. The molecule has 0 amide bonds. The number of aliphatic hydroxyl groups is 1. The van der Waals surface area contributed by atoms with E-state index in [1.807, 2.05) is 0 Å². The topological polar surface area (TPSA) is 20.2 Å². The lowest BCUT2D eigenvalue weighted by Crippen LogP contribution is -2.28. The molecule has 0 aromatic rings. The Morgan fingerprint density at radius 2 is 1.67 bits per heavy atom. The lowest BCUT2D eigenvalue weighted by molar-refractivity contribution is 0.0915. The smallest absolute Gasteiger partial charge is 0.0658 e. The lowest BCUT2D eigenvalue weighted by Gasteiger charge is -2.32. The highest BCUT2D eigenvalue weighted by Gasteiger charge is 2.26. The van der Waals surface area contributed by atoms with Crippen LogP contribution in [0.4, 0.5) is 0 Å². The Kier molecular flexibility index (Phi) is 6.37. The summed E-state index contributed by atoms with van der Waals surface area (Å²) in [4.78, 5) is 0. The second-order valence-corrected chi connectivity index (χ2v) is 7.68. The van der Waals surface area contributed by atoms with Crippen molar-refractivity contribution in [2.75, 3.05) is 5.75 Å². The second kappa shape index (κ2) is 7.79. The van der Waals surface area contributed by atoms with Crippen molar-refractivity contribution in [2.24, 2.45) is 11.8 Å².